The Morgan fingerprint density at radius 1 is 0.577 bits per heavy atom. The van der Waals surface area contributed by atoms with E-state index in [4.69, 9.17) is 22.9 Å². The van der Waals surface area contributed by atoms with Gasteiger partial charge in [0.15, 0.2) is 11.6 Å². The summed E-state index contributed by atoms with van der Waals surface area (Å²) in [5, 5.41) is 0. The van der Waals surface area contributed by atoms with E-state index in [-0.39, 0.29) is 34.1 Å². The van der Waals surface area contributed by atoms with Crippen molar-refractivity contribution in [3.63, 3.8) is 0 Å². The number of hydrogen-bond donors (Lipinski definition) is 4. The first-order valence-electron chi connectivity index (χ1n) is 7.87. The SMILES string of the molecule is Nc1ccc(C(=O)c2ccc(N)c(C(=O)c3ccc(N)cc3)c2N)cc1. The summed E-state index contributed by atoms with van der Waals surface area (Å²) in [4.78, 5) is 25.6. The van der Waals surface area contributed by atoms with E-state index in [0.717, 1.165) is 0 Å². The molecule has 0 radical (unpaired) electrons. The lowest BCUT2D eigenvalue weighted by molar-refractivity contribution is 0.103. The van der Waals surface area contributed by atoms with Crippen LogP contribution >= 0.6 is 0 Å². The predicted octanol–water partition coefficient (Wildman–Crippen LogP) is 2.48. The van der Waals surface area contributed by atoms with Crippen LogP contribution in [0.4, 0.5) is 22.7 Å². The first-order chi connectivity index (χ1) is 12.4. The van der Waals surface area contributed by atoms with E-state index in [1.807, 2.05) is 0 Å². The van der Waals surface area contributed by atoms with E-state index in [0.29, 0.717) is 22.5 Å². The van der Waals surface area contributed by atoms with Crippen LogP contribution in [0.3, 0.4) is 0 Å². The number of anilines is 4. The monoisotopic (exact) mass is 346 g/mol. The molecule has 6 nitrogen and oxygen atoms in total. The molecule has 0 aliphatic rings. The number of ketones is 2. The van der Waals surface area contributed by atoms with Gasteiger partial charge in [0.05, 0.1) is 11.3 Å². The van der Waals surface area contributed by atoms with Gasteiger partial charge in [-0.25, -0.2) is 0 Å². The lowest BCUT2D eigenvalue weighted by Gasteiger charge is -2.13. The molecule has 0 saturated carbocycles. The Bertz CT molecular complexity index is 994. The van der Waals surface area contributed by atoms with Gasteiger partial charge in [-0.2, -0.15) is 0 Å². The van der Waals surface area contributed by atoms with Crippen LogP contribution in [-0.4, -0.2) is 11.6 Å². The van der Waals surface area contributed by atoms with Gasteiger partial charge in [-0.3, -0.25) is 9.59 Å². The van der Waals surface area contributed by atoms with Crippen LogP contribution in [0.2, 0.25) is 0 Å². The molecule has 0 saturated heterocycles. The molecular formula is C20H18N4O2. The largest absolute Gasteiger partial charge is 0.399 e. The lowest BCUT2D eigenvalue weighted by Crippen LogP contribution is -2.14. The Labute approximate surface area is 150 Å². The van der Waals surface area contributed by atoms with Crippen LogP contribution in [0.5, 0.6) is 0 Å². The van der Waals surface area contributed by atoms with Gasteiger partial charge >= 0.3 is 0 Å². The summed E-state index contributed by atoms with van der Waals surface area (Å²) in [6.07, 6.45) is 0. The summed E-state index contributed by atoms with van der Waals surface area (Å²) in [5.74, 6) is -0.680. The minimum Gasteiger partial charge on any atom is -0.399 e. The molecule has 0 atom stereocenters. The summed E-state index contributed by atoms with van der Waals surface area (Å²) in [6, 6.07) is 15.9. The molecule has 0 bridgehead atoms. The normalized spacial score (nSPS) is 10.5. The van der Waals surface area contributed by atoms with Crippen molar-refractivity contribution in [1.29, 1.82) is 0 Å². The third-order valence-corrected chi connectivity index (χ3v) is 4.10. The maximum absolute atomic E-state index is 12.8. The number of carbonyl (C=O) groups is 2. The standard InChI is InChI=1S/C20H18N4O2/c21-13-5-1-11(2-6-13)19(25)15-9-10-16(23)17(18(15)24)20(26)12-3-7-14(22)8-4-12/h1-10H,21-24H2. The van der Waals surface area contributed by atoms with Crippen molar-refractivity contribution in [1.82, 2.24) is 0 Å². The molecule has 0 amide bonds. The second-order valence-corrected chi connectivity index (χ2v) is 5.89. The molecule has 0 fully saturated rings. The summed E-state index contributed by atoms with van der Waals surface area (Å²) < 4.78 is 0. The Balaban J connectivity index is 2.06. The van der Waals surface area contributed by atoms with Gasteiger partial charge in [0.1, 0.15) is 0 Å². The fourth-order valence-electron chi connectivity index (χ4n) is 2.66. The van der Waals surface area contributed by atoms with Gasteiger partial charge < -0.3 is 22.9 Å². The van der Waals surface area contributed by atoms with E-state index in [9.17, 15) is 9.59 Å². The van der Waals surface area contributed by atoms with Gasteiger partial charge in [-0.1, -0.05) is 0 Å². The quantitative estimate of drug-likeness (QED) is 0.423. The molecule has 130 valence electrons. The maximum atomic E-state index is 12.8. The van der Waals surface area contributed by atoms with Crippen LogP contribution in [0.25, 0.3) is 0 Å². The summed E-state index contributed by atoms with van der Waals surface area (Å²) in [6.45, 7) is 0. The third-order valence-electron chi connectivity index (χ3n) is 4.10. The Morgan fingerprint density at radius 3 is 1.54 bits per heavy atom. The highest BCUT2D eigenvalue weighted by molar-refractivity contribution is 6.20. The minimum atomic E-state index is -0.369. The molecule has 0 spiro atoms. The van der Waals surface area contributed by atoms with Crippen LogP contribution in [0, 0.1) is 0 Å². The topological polar surface area (TPSA) is 138 Å². The van der Waals surface area contributed by atoms with E-state index in [2.05, 4.69) is 0 Å². The fourth-order valence-corrected chi connectivity index (χ4v) is 2.66. The van der Waals surface area contributed by atoms with Gasteiger partial charge in [0.2, 0.25) is 0 Å². The highest BCUT2D eigenvalue weighted by atomic mass is 16.1. The summed E-state index contributed by atoms with van der Waals surface area (Å²) >= 11 is 0. The highest BCUT2D eigenvalue weighted by Crippen LogP contribution is 2.28. The van der Waals surface area contributed by atoms with Crippen LogP contribution < -0.4 is 22.9 Å². The molecule has 3 rings (SSSR count). The van der Waals surface area contributed by atoms with Gasteiger partial charge in [0, 0.05) is 33.8 Å². The van der Waals surface area contributed by atoms with Crippen molar-refractivity contribution in [2.45, 2.75) is 0 Å². The number of rotatable bonds is 4. The molecule has 0 aromatic heterocycles. The van der Waals surface area contributed by atoms with Crippen molar-refractivity contribution in [2.75, 3.05) is 22.9 Å². The Hall–Kier alpha value is -3.80. The highest BCUT2D eigenvalue weighted by Gasteiger charge is 2.22. The average molecular weight is 346 g/mol. The molecule has 0 aliphatic heterocycles. The second kappa shape index (κ2) is 6.60. The first kappa shape index (κ1) is 17.0. The van der Waals surface area contributed by atoms with Crippen molar-refractivity contribution < 1.29 is 9.59 Å². The molecule has 3 aromatic rings. The van der Waals surface area contributed by atoms with Gasteiger partial charge in [-0.15, -0.1) is 0 Å². The van der Waals surface area contributed by atoms with E-state index in [1.165, 1.54) is 12.1 Å². The number of nitrogen functional groups attached to an aromatic ring is 4. The zero-order valence-corrected chi connectivity index (χ0v) is 13.9. The lowest BCUT2D eigenvalue weighted by atomic mass is 9.93. The van der Waals surface area contributed by atoms with Crippen molar-refractivity contribution in [2.24, 2.45) is 0 Å². The number of nitrogens with two attached hydrogens (primary N) is 4. The van der Waals surface area contributed by atoms with Crippen molar-refractivity contribution >= 4 is 34.3 Å². The molecule has 0 unspecified atom stereocenters. The molecule has 8 N–H and O–H groups in total. The zero-order chi connectivity index (χ0) is 18.8. The summed E-state index contributed by atoms with van der Waals surface area (Å²) in [5.41, 5.74) is 25.9. The molecule has 0 heterocycles. The first-order valence-corrected chi connectivity index (χ1v) is 7.87. The van der Waals surface area contributed by atoms with Gasteiger partial charge in [0.25, 0.3) is 0 Å². The fraction of sp³-hybridized carbons (Fsp3) is 0. The van der Waals surface area contributed by atoms with Crippen molar-refractivity contribution in [3.8, 4) is 0 Å². The minimum absolute atomic E-state index is 0.0497. The van der Waals surface area contributed by atoms with Gasteiger partial charge in [-0.05, 0) is 60.7 Å². The third kappa shape index (κ3) is 3.08. The maximum Gasteiger partial charge on any atom is 0.197 e. The number of hydrogen-bond acceptors (Lipinski definition) is 6. The second-order valence-electron chi connectivity index (χ2n) is 5.89. The van der Waals surface area contributed by atoms with Crippen molar-refractivity contribution in [3.05, 3.63) is 82.9 Å². The van der Waals surface area contributed by atoms with E-state index >= 15 is 0 Å². The summed E-state index contributed by atoms with van der Waals surface area (Å²) in [7, 11) is 0. The predicted molar refractivity (Wildman–Crippen MR) is 104 cm³/mol. The Morgan fingerprint density at radius 2 is 1.04 bits per heavy atom. The number of benzene rings is 3. The van der Waals surface area contributed by atoms with Crippen LogP contribution in [0.1, 0.15) is 31.8 Å². The Kier molecular flexibility index (Phi) is 4.33. The number of carbonyl (C=O) groups excluding carboxylic acids is 2. The van der Waals surface area contributed by atoms with Crippen LogP contribution in [-0.2, 0) is 0 Å². The molecule has 26 heavy (non-hydrogen) atoms. The average Bonchev–Trinajstić information content (AvgIpc) is 2.62. The molecule has 3 aromatic carbocycles. The van der Waals surface area contributed by atoms with E-state index < -0.39 is 0 Å². The van der Waals surface area contributed by atoms with E-state index in [1.54, 1.807) is 48.5 Å². The zero-order valence-electron chi connectivity index (χ0n) is 13.9. The smallest absolute Gasteiger partial charge is 0.197 e. The van der Waals surface area contributed by atoms with Crippen LogP contribution in [0.15, 0.2) is 60.7 Å². The molecule has 0 aliphatic carbocycles. The molecule has 6 heteroatoms. The molecular weight excluding hydrogens is 328 g/mol.